The maximum atomic E-state index is 13.8. The number of nitrogens with one attached hydrogen (secondary N) is 4. The summed E-state index contributed by atoms with van der Waals surface area (Å²) in [6.07, 6.45) is 6.61. The van der Waals surface area contributed by atoms with Gasteiger partial charge in [0.1, 0.15) is 73.9 Å². The number of pyridine rings is 1. The molecule has 0 amide bonds. The molecule has 0 bridgehead atoms. The third kappa shape index (κ3) is 16.7. The standard InChI is InChI=1S/C72H93Cl3N20O6/c1-10-16-52-63-66(90(4)87-52)69(79-38-45-21-24-55(99-7)49(73)33-45)84-60(81-63)40-77-27-14-13-20-58(97)72(59(98)44-96,94-31-29-93(30-32-94)43-62-83-64-53(17-11-2)88-91(5)67(64)70(85-62)80-39-46-22-25-56(100-8)50(74)34-46)95(42-47-23-26-57(101-9)51(75)35-47)71-68-65(54(18-12-3)89-92(68)6)82-61(86-71)41-78-37-48-19-15-28-76-36-48/h15,19,21-26,28,33-36,58-59,77-78,96-98H,10-14,16-18,20,27,29-32,37-44H2,1-9H3,(H,79,81,84)(H,80,83,85). The molecular weight excluding hydrogens is 1350 g/mol. The quantitative estimate of drug-likeness (QED) is 0.0180. The molecule has 1 aliphatic rings. The van der Waals surface area contributed by atoms with E-state index in [1.807, 2.05) is 102 Å². The van der Waals surface area contributed by atoms with Crippen molar-refractivity contribution in [2.45, 2.75) is 142 Å². The fraction of sp³-hybridized carbons (Fsp3) is 0.472. The van der Waals surface area contributed by atoms with Gasteiger partial charge < -0.3 is 55.7 Å². The summed E-state index contributed by atoms with van der Waals surface area (Å²) in [5, 5.41) is 69.5. The molecule has 7 aromatic heterocycles. The van der Waals surface area contributed by atoms with Crippen LogP contribution in [0, 0.1) is 0 Å². The first kappa shape index (κ1) is 74.1. The molecule has 1 saturated heterocycles. The number of unbranched alkanes of at least 4 members (excludes halogenated alkanes) is 1. The fourth-order valence-corrected chi connectivity index (χ4v) is 14.5. The van der Waals surface area contributed by atoms with Gasteiger partial charge in [0.25, 0.3) is 0 Å². The molecule has 538 valence electrons. The van der Waals surface area contributed by atoms with Crippen LogP contribution in [0.4, 0.5) is 17.5 Å². The van der Waals surface area contributed by atoms with E-state index in [1.54, 1.807) is 38.3 Å². The summed E-state index contributed by atoms with van der Waals surface area (Å²) >= 11 is 20.2. The third-order valence-corrected chi connectivity index (χ3v) is 19.4. The largest absolute Gasteiger partial charge is 0.495 e. The lowest BCUT2D eigenvalue weighted by atomic mass is 9.86. The Balaban J connectivity index is 0.936. The molecular formula is C72H93Cl3N20O6. The monoisotopic (exact) mass is 1440 g/mol. The van der Waals surface area contributed by atoms with Crippen LogP contribution in [0.1, 0.15) is 116 Å². The zero-order valence-corrected chi connectivity index (χ0v) is 61.3. The Morgan fingerprint density at radius 1 is 0.554 bits per heavy atom. The molecule has 8 heterocycles. The van der Waals surface area contributed by atoms with Gasteiger partial charge >= 0.3 is 0 Å². The van der Waals surface area contributed by atoms with Crippen LogP contribution in [0.15, 0.2) is 79.1 Å². The highest BCUT2D eigenvalue weighted by atomic mass is 35.5. The summed E-state index contributed by atoms with van der Waals surface area (Å²) in [5.74, 6) is 5.01. The molecule has 0 spiro atoms. The van der Waals surface area contributed by atoms with Gasteiger partial charge in [-0.3, -0.25) is 28.8 Å². The van der Waals surface area contributed by atoms with Gasteiger partial charge in [0.2, 0.25) is 0 Å². The van der Waals surface area contributed by atoms with Crippen LogP contribution in [0.25, 0.3) is 33.1 Å². The van der Waals surface area contributed by atoms with Crippen LogP contribution >= 0.6 is 34.8 Å². The number of ether oxygens (including phenoxy) is 3. The van der Waals surface area contributed by atoms with Gasteiger partial charge in [-0.2, -0.15) is 15.3 Å². The number of hydrogen-bond acceptors (Lipinski definition) is 23. The average molecular weight is 1440 g/mol. The Labute approximate surface area is 604 Å². The van der Waals surface area contributed by atoms with Crippen LogP contribution in [0.3, 0.4) is 0 Å². The first-order valence-corrected chi connectivity index (χ1v) is 35.8. The van der Waals surface area contributed by atoms with E-state index in [-0.39, 0.29) is 19.5 Å². The summed E-state index contributed by atoms with van der Waals surface area (Å²) < 4.78 is 22.0. The van der Waals surface area contributed by atoms with Gasteiger partial charge in [0, 0.05) is 85.9 Å². The van der Waals surface area contributed by atoms with Gasteiger partial charge in [0.05, 0.1) is 85.8 Å². The number of rotatable bonds is 36. The zero-order valence-electron chi connectivity index (χ0n) is 59.1. The van der Waals surface area contributed by atoms with Crippen molar-refractivity contribution in [3.8, 4) is 17.2 Å². The topological polar surface area (TPSA) is 290 Å². The second-order valence-corrected chi connectivity index (χ2v) is 26.8. The molecule has 11 rings (SSSR count). The number of benzene rings is 3. The van der Waals surface area contributed by atoms with Crippen LogP contribution < -0.4 is 40.4 Å². The average Bonchev–Trinajstić information content (AvgIpc) is 1.64. The van der Waals surface area contributed by atoms with E-state index < -0.39 is 24.5 Å². The number of aliphatic hydroxyl groups is 3. The first-order valence-electron chi connectivity index (χ1n) is 34.7. The third-order valence-electron chi connectivity index (χ3n) is 18.5. The van der Waals surface area contributed by atoms with E-state index in [0.717, 1.165) is 93.5 Å². The number of piperazine rings is 1. The van der Waals surface area contributed by atoms with Crippen molar-refractivity contribution in [2.75, 3.05) is 76.2 Å². The number of anilines is 3. The molecule has 3 atom stereocenters. The van der Waals surface area contributed by atoms with E-state index in [2.05, 4.69) is 56.8 Å². The molecule has 29 heteroatoms. The molecule has 7 N–H and O–H groups in total. The number of fused-ring (bicyclic) bond motifs is 3. The number of methoxy groups -OCH3 is 3. The second-order valence-electron chi connectivity index (χ2n) is 25.6. The molecule has 10 aromatic rings. The van der Waals surface area contributed by atoms with E-state index >= 15 is 0 Å². The van der Waals surface area contributed by atoms with Crippen molar-refractivity contribution < 1.29 is 29.5 Å². The highest BCUT2D eigenvalue weighted by Crippen LogP contribution is 2.42. The Bertz CT molecular complexity index is 4440. The van der Waals surface area contributed by atoms with Crippen molar-refractivity contribution in [1.29, 1.82) is 0 Å². The Morgan fingerprint density at radius 2 is 1.05 bits per heavy atom. The lowest BCUT2D eigenvalue weighted by molar-refractivity contribution is -0.136. The maximum absolute atomic E-state index is 13.8. The van der Waals surface area contributed by atoms with E-state index in [1.165, 1.54) is 0 Å². The summed E-state index contributed by atoms with van der Waals surface area (Å²) in [5.41, 5.74) is 8.76. The lowest BCUT2D eigenvalue weighted by Gasteiger charge is -2.57. The van der Waals surface area contributed by atoms with Crippen molar-refractivity contribution in [3.05, 3.63) is 151 Å². The predicted octanol–water partition coefficient (Wildman–Crippen LogP) is 9.66. The molecule has 3 unspecified atom stereocenters. The number of aliphatic hydroxyl groups excluding tert-OH is 3. The molecule has 1 aliphatic heterocycles. The molecule has 26 nitrogen and oxygen atoms in total. The number of nitrogens with zero attached hydrogens (tertiary/aromatic N) is 16. The van der Waals surface area contributed by atoms with Crippen LogP contribution in [-0.2, 0) is 86.2 Å². The minimum Gasteiger partial charge on any atom is -0.495 e. The molecule has 3 aromatic carbocycles. The van der Waals surface area contributed by atoms with Crippen LogP contribution in [0.5, 0.6) is 17.2 Å². The van der Waals surface area contributed by atoms with Gasteiger partial charge in [0.15, 0.2) is 23.1 Å². The molecule has 0 radical (unpaired) electrons. The van der Waals surface area contributed by atoms with E-state index in [0.29, 0.717) is 163 Å². The smallest absolute Gasteiger partial charge is 0.160 e. The molecule has 0 saturated carbocycles. The van der Waals surface area contributed by atoms with Crippen molar-refractivity contribution in [2.24, 2.45) is 21.1 Å². The van der Waals surface area contributed by atoms with Gasteiger partial charge in [-0.25, -0.2) is 29.9 Å². The Hall–Kier alpha value is -8.15. The number of aryl methyl sites for hydroxylation is 6. The van der Waals surface area contributed by atoms with Crippen molar-refractivity contribution in [1.82, 2.24) is 84.7 Å². The number of hydrogen-bond donors (Lipinski definition) is 7. The predicted molar refractivity (Wildman–Crippen MR) is 395 cm³/mol. The molecule has 101 heavy (non-hydrogen) atoms. The van der Waals surface area contributed by atoms with E-state index in [9.17, 15) is 15.3 Å². The highest BCUT2D eigenvalue weighted by molar-refractivity contribution is 6.32. The normalized spacial score (nSPS) is 14.2. The summed E-state index contributed by atoms with van der Waals surface area (Å²) in [6, 6.07) is 20.8. The number of aromatic nitrogens is 13. The highest BCUT2D eigenvalue weighted by Gasteiger charge is 2.55. The van der Waals surface area contributed by atoms with Crippen molar-refractivity contribution >= 4 is 85.4 Å². The number of halogens is 3. The van der Waals surface area contributed by atoms with Crippen LogP contribution in [-0.4, -0.2) is 168 Å². The molecule has 0 aliphatic carbocycles. The Kier molecular flexibility index (Phi) is 25.1. The van der Waals surface area contributed by atoms with Gasteiger partial charge in [-0.1, -0.05) is 99.1 Å². The summed E-state index contributed by atoms with van der Waals surface area (Å²) in [4.78, 5) is 42.0. The van der Waals surface area contributed by atoms with Crippen LogP contribution in [0.2, 0.25) is 15.1 Å². The van der Waals surface area contributed by atoms with E-state index in [4.69, 9.17) is 94.2 Å². The minimum atomic E-state index is -1.79. The van der Waals surface area contributed by atoms with Crippen molar-refractivity contribution in [3.63, 3.8) is 0 Å². The Morgan fingerprint density at radius 3 is 1.56 bits per heavy atom. The van der Waals surface area contributed by atoms with Gasteiger partial charge in [-0.05, 0) is 110 Å². The maximum Gasteiger partial charge on any atom is 0.160 e. The zero-order chi connectivity index (χ0) is 71.3. The summed E-state index contributed by atoms with van der Waals surface area (Å²) in [6.45, 7) is 10.1. The SMILES string of the molecule is CCCc1nn(C)c2c(NCc3ccc(OC)c(Cl)c3)nc(CNCCCCC(O)C(C(O)CO)(N3CCN(Cc4nc(NCc5ccc(OC)c(Cl)c5)c5c(n4)c(CCC)nn5C)CC3)N(Cc3ccc(OC)c(Cl)c3)c3nc(CNCc4cccnc4)nc4c(CCC)nn(C)c34)nc12. The second kappa shape index (κ2) is 34.2. The summed E-state index contributed by atoms with van der Waals surface area (Å²) in [7, 11) is 10.4. The lowest BCUT2D eigenvalue weighted by Crippen LogP contribution is -2.76. The first-order chi connectivity index (χ1) is 49.0. The minimum absolute atomic E-state index is 0.0477. The van der Waals surface area contributed by atoms with Gasteiger partial charge in [-0.15, -0.1) is 0 Å². The fourth-order valence-electron chi connectivity index (χ4n) is 13.7. The molecule has 1 fully saturated rings.